The SMILES string of the molecule is O=C1CSc2c(Cl)ccc(Cl)c21. The highest BCUT2D eigenvalue weighted by molar-refractivity contribution is 8.00. The van der Waals surface area contributed by atoms with E-state index >= 15 is 0 Å². The molecule has 1 aromatic carbocycles. The van der Waals surface area contributed by atoms with E-state index in [9.17, 15) is 4.79 Å². The van der Waals surface area contributed by atoms with E-state index in [0.717, 1.165) is 4.90 Å². The Morgan fingerprint density at radius 2 is 1.92 bits per heavy atom. The quantitative estimate of drug-likeness (QED) is 0.665. The smallest absolute Gasteiger partial charge is 0.175 e. The highest BCUT2D eigenvalue weighted by Crippen LogP contribution is 2.40. The number of Topliss-reactive ketones (excluding diaryl/α,β-unsaturated/α-hetero) is 1. The molecule has 0 saturated carbocycles. The van der Waals surface area contributed by atoms with Gasteiger partial charge >= 0.3 is 0 Å². The van der Waals surface area contributed by atoms with E-state index in [1.165, 1.54) is 11.8 Å². The minimum Gasteiger partial charge on any atom is -0.293 e. The third-order valence-corrected chi connectivity index (χ3v) is 3.55. The average Bonchev–Trinajstić information content (AvgIpc) is 2.42. The number of thioether (sulfide) groups is 1. The molecule has 0 N–H and O–H groups in total. The Bertz CT molecular complexity index is 362. The van der Waals surface area contributed by atoms with E-state index in [1.807, 2.05) is 0 Å². The lowest BCUT2D eigenvalue weighted by molar-refractivity contribution is 0.102. The van der Waals surface area contributed by atoms with Gasteiger partial charge in [-0.2, -0.15) is 0 Å². The van der Waals surface area contributed by atoms with Crippen LogP contribution in [0.4, 0.5) is 0 Å². The molecule has 0 aromatic heterocycles. The van der Waals surface area contributed by atoms with Crippen LogP contribution in [-0.4, -0.2) is 11.5 Å². The second-order valence-electron chi connectivity index (χ2n) is 2.45. The molecule has 0 radical (unpaired) electrons. The molecule has 62 valence electrons. The largest absolute Gasteiger partial charge is 0.293 e. The Morgan fingerprint density at radius 1 is 1.25 bits per heavy atom. The Hall–Kier alpha value is -0.180. The van der Waals surface area contributed by atoms with Crippen molar-refractivity contribution in [1.82, 2.24) is 0 Å². The fraction of sp³-hybridized carbons (Fsp3) is 0.125. The molecular weight excluding hydrogens is 215 g/mol. The van der Waals surface area contributed by atoms with Gasteiger partial charge in [0.25, 0.3) is 0 Å². The summed E-state index contributed by atoms with van der Waals surface area (Å²) in [7, 11) is 0. The van der Waals surface area contributed by atoms with Crippen LogP contribution in [0.1, 0.15) is 10.4 Å². The molecule has 1 nitrogen and oxygen atoms in total. The molecule has 4 heteroatoms. The molecule has 0 saturated heterocycles. The van der Waals surface area contributed by atoms with Gasteiger partial charge in [-0.15, -0.1) is 11.8 Å². The lowest BCUT2D eigenvalue weighted by atomic mass is 10.1. The standard InChI is InChI=1S/C8H4Cl2OS/c9-4-1-2-5(10)8-7(4)6(11)3-12-8/h1-2H,3H2. The van der Waals surface area contributed by atoms with Crippen LogP contribution in [0.5, 0.6) is 0 Å². The summed E-state index contributed by atoms with van der Waals surface area (Å²) in [5, 5.41) is 1.12. The molecule has 0 spiro atoms. The monoisotopic (exact) mass is 218 g/mol. The molecule has 12 heavy (non-hydrogen) atoms. The van der Waals surface area contributed by atoms with Crippen molar-refractivity contribution in [3.8, 4) is 0 Å². The zero-order valence-electron chi connectivity index (χ0n) is 5.93. The van der Waals surface area contributed by atoms with Crippen molar-refractivity contribution in [3.63, 3.8) is 0 Å². The summed E-state index contributed by atoms with van der Waals surface area (Å²) < 4.78 is 0. The lowest BCUT2D eigenvalue weighted by Crippen LogP contribution is -1.95. The summed E-state index contributed by atoms with van der Waals surface area (Å²) in [6.07, 6.45) is 0. The van der Waals surface area contributed by atoms with Crippen molar-refractivity contribution in [2.24, 2.45) is 0 Å². The molecule has 0 bridgehead atoms. The summed E-state index contributed by atoms with van der Waals surface area (Å²) in [4.78, 5) is 12.1. The van der Waals surface area contributed by atoms with Crippen molar-refractivity contribution in [1.29, 1.82) is 0 Å². The molecule has 0 aliphatic carbocycles. The summed E-state index contributed by atoms with van der Waals surface area (Å²) in [5.41, 5.74) is 0.592. The molecule has 0 amide bonds. The Morgan fingerprint density at radius 3 is 2.58 bits per heavy atom. The first-order valence-corrected chi connectivity index (χ1v) is 5.08. The molecule has 1 aromatic rings. The molecule has 0 fully saturated rings. The van der Waals surface area contributed by atoms with Gasteiger partial charge in [0.15, 0.2) is 5.78 Å². The number of hydrogen-bond acceptors (Lipinski definition) is 2. The van der Waals surface area contributed by atoms with E-state index in [4.69, 9.17) is 23.2 Å². The van der Waals surface area contributed by atoms with E-state index in [1.54, 1.807) is 12.1 Å². The number of halogens is 2. The van der Waals surface area contributed by atoms with E-state index in [2.05, 4.69) is 0 Å². The van der Waals surface area contributed by atoms with Gasteiger partial charge in [-0.05, 0) is 12.1 Å². The number of ketones is 1. The maximum absolute atomic E-state index is 11.3. The van der Waals surface area contributed by atoms with Crippen molar-refractivity contribution in [2.75, 3.05) is 5.75 Å². The fourth-order valence-electron chi connectivity index (χ4n) is 1.14. The number of fused-ring (bicyclic) bond motifs is 1. The molecule has 0 unspecified atom stereocenters. The van der Waals surface area contributed by atoms with E-state index < -0.39 is 0 Å². The summed E-state index contributed by atoms with van der Waals surface area (Å²) in [6.45, 7) is 0. The topological polar surface area (TPSA) is 17.1 Å². The van der Waals surface area contributed by atoms with Crippen LogP contribution in [0.25, 0.3) is 0 Å². The first-order chi connectivity index (χ1) is 5.70. The molecular formula is C8H4Cl2OS. The van der Waals surface area contributed by atoms with Gasteiger partial charge in [0.2, 0.25) is 0 Å². The highest BCUT2D eigenvalue weighted by Gasteiger charge is 2.25. The normalized spacial score (nSPS) is 15.0. The molecule has 2 rings (SSSR count). The number of benzene rings is 1. The maximum Gasteiger partial charge on any atom is 0.175 e. The number of hydrogen-bond donors (Lipinski definition) is 0. The van der Waals surface area contributed by atoms with Gasteiger partial charge < -0.3 is 0 Å². The second-order valence-corrected chi connectivity index (χ2v) is 4.25. The van der Waals surface area contributed by atoms with Crippen LogP contribution in [-0.2, 0) is 0 Å². The summed E-state index contributed by atoms with van der Waals surface area (Å²) in [6, 6.07) is 3.38. The van der Waals surface area contributed by atoms with E-state index in [-0.39, 0.29) is 5.78 Å². The van der Waals surface area contributed by atoms with Crippen LogP contribution in [0.3, 0.4) is 0 Å². The molecule has 1 heterocycles. The third kappa shape index (κ3) is 1.15. The second kappa shape index (κ2) is 2.95. The Balaban J connectivity index is 2.72. The predicted octanol–water partition coefficient (Wildman–Crippen LogP) is 3.28. The zero-order valence-corrected chi connectivity index (χ0v) is 8.26. The fourth-order valence-corrected chi connectivity index (χ4v) is 2.78. The van der Waals surface area contributed by atoms with Crippen LogP contribution in [0.15, 0.2) is 17.0 Å². The lowest BCUT2D eigenvalue weighted by Gasteiger charge is -2.00. The molecule has 1 aliphatic heterocycles. The van der Waals surface area contributed by atoms with Crippen molar-refractivity contribution < 1.29 is 4.79 Å². The van der Waals surface area contributed by atoms with Gasteiger partial charge in [0.05, 0.1) is 21.4 Å². The summed E-state index contributed by atoms with van der Waals surface area (Å²) in [5.74, 6) is 0.529. The first-order valence-electron chi connectivity index (χ1n) is 3.34. The predicted molar refractivity (Wildman–Crippen MR) is 51.5 cm³/mol. The van der Waals surface area contributed by atoms with Crippen LogP contribution < -0.4 is 0 Å². The molecule has 1 aliphatic rings. The van der Waals surface area contributed by atoms with Crippen molar-refractivity contribution in [3.05, 3.63) is 27.7 Å². The van der Waals surface area contributed by atoms with E-state index in [0.29, 0.717) is 21.4 Å². The van der Waals surface area contributed by atoms with Crippen molar-refractivity contribution >= 4 is 40.7 Å². The van der Waals surface area contributed by atoms with Gasteiger partial charge in [-0.3, -0.25) is 4.79 Å². The minimum absolute atomic E-state index is 0.0718. The van der Waals surface area contributed by atoms with Gasteiger partial charge in [0.1, 0.15) is 0 Å². The Kier molecular flexibility index (Phi) is 2.07. The number of rotatable bonds is 0. The van der Waals surface area contributed by atoms with Gasteiger partial charge in [-0.25, -0.2) is 0 Å². The van der Waals surface area contributed by atoms with Crippen LogP contribution in [0.2, 0.25) is 10.0 Å². The molecule has 0 atom stereocenters. The third-order valence-electron chi connectivity index (χ3n) is 1.69. The summed E-state index contributed by atoms with van der Waals surface area (Å²) >= 11 is 13.2. The average molecular weight is 219 g/mol. The minimum atomic E-state index is 0.0718. The van der Waals surface area contributed by atoms with Crippen LogP contribution >= 0.6 is 35.0 Å². The maximum atomic E-state index is 11.3. The number of carbonyl (C=O) groups is 1. The van der Waals surface area contributed by atoms with Gasteiger partial charge in [0, 0.05) is 4.90 Å². The highest BCUT2D eigenvalue weighted by atomic mass is 35.5. The van der Waals surface area contributed by atoms with Crippen LogP contribution in [0, 0.1) is 0 Å². The van der Waals surface area contributed by atoms with Crippen molar-refractivity contribution in [2.45, 2.75) is 4.90 Å². The zero-order chi connectivity index (χ0) is 8.72. The number of carbonyl (C=O) groups excluding carboxylic acids is 1. The van der Waals surface area contributed by atoms with Gasteiger partial charge in [-0.1, -0.05) is 23.2 Å². The Labute approximate surface area is 84.0 Å². The first kappa shape index (κ1) is 8.42.